The van der Waals surface area contributed by atoms with Gasteiger partial charge in [-0.25, -0.2) is 0 Å². The SMILES string of the molecule is CCOc1cccc(C(O)(c2cccc(OCC)c2)[C@H]2CCC(=O)N2)c1. The van der Waals surface area contributed by atoms with Crippen molar-refractivity contribution in [2.45, 2.75) is 38.3 Å². The van der Waals surface area contributed by atoms with Gasteiger partial charge in [-0.05, 0) is 55.7 Å². The lowest BCUT2D eigenvalue weighted by molar-refractivity contribution is -0.120. The van der Waals surface area contributed by atoms with Gasteiger partial charge in [0.2, 0.25) is 5.91 Å². The maximum absolute atomic E-state index is 11.8. The minimum Gasteiger partial charge on any atom is -0.494 e. The van der Waals surface area contributed by atoms with E-state index in [0.29, 0.717) is 48.7 Å². The van der Waals surface area contributed by atoms with Gasteiger partial charge in [-0.3, -0.25) is 4.79 Å². The van der Waals surface area contributed by atoms with Crippen LogP contribution >= 0.6 is 0 Å². The van der Waals surface area contributed by atoms with Crippen molar-refractivity contribution < 1.29 is 19.4 Å². The molecule has 5 nitrogen and oxygen atoms in total. The zero-order valence-corrected chi connectivity index (χ0v) is 15.2. The third-order valence-electron chi connectivity index (χ3n) is 4.67. The van der Waals surface area contributed by atoms with Gasteiger partial charge in [-0.15, -0.1) is 0 Å². The Morgan fingerprint density at radius 2 is 1.58 bits per heavy atom. The second kappa shape index (κ2) is 7.79. The van der Waals surface area contributed by atoms with Gasteiger partial charge < -0.3 is 19.9 Å². The van der Waals surface area contributed by atoms with Crippen LogP contribution in [0.5, 0.6) is 11.5 Å². The molecular weight excluding hydrogens is 330 g/mol. The molecule has 5 heteroatoms. The van der Waals surface area contributed by atoms with Gasteiger partial charge in [-0.1, -0.05) is 24.3 Å². The fourth-order valence-corrected chi connectivity index (χ4v) is 3.48. The number of carbonyl (C=O) groups excluding carboxylic acids is 1. The van der Waals surface area contributed by atoms with E-state index in [9.17, 15) is 9.90 Å². The molecule has 0 saturated carbocycles. The van der Waals surface area contributed by atoms with Crippen molar-refractivity contribution >= 4 is 5.91 Å². The number of aliphatic hydroxyl groups is 1. The highest BCUT2D eigenvalue weighted by Crippen LogP contribution is 2.39. The molecule has 0 bridgehead atoms. The van der Waals surface area contributed by atoms with Crippen LogP contribution in [-0.4, -0.2) is 30.3 Å². The molecule has 0 aliphatic carbocycles. The fraction of sp³-hybridized carbons (Fsp3) is 0.381. The number of amides is 1. The largest absolute Gasteiger partial charge is 0.494 e. The van der Waals surface area contributed by atoms with Gasteiger partial charge in [0, 0.05) is 6.42 Å². The summed E-state index contributed by atoms with van der Waals surface area (Å²) in [5.41, 5.74) is 0.000403. The number of benzene rings is 2. The first-order chi connectivity index (χ1) is 12.6. The zero-order chi connectivity index (χ0) is 18.6. The minimum absolute atomic E-state index is 0.0460. The van der Waals surface area contributed by atoms with Crippen LogP contribution in [0.3, 0.4) is 0 Å². The summed E-state index contributed by atoms with van der Waals surface area (Å²) in [5.74, 6) is 1.33. The van der Waals surface area contributed by atoms with E-state index in [-0.39, 0.29) is 5.91 Å². The highest BCUT2D eigenvalue weighted by atomic mass is 16.5. The maximum Gasteiger partial charge on any atom is 0.220 e. The van der Waals surface area contributed by atoms with Crippen LogP contribution in [0.2, 0.25) is 0 Å². The molecule has 1 atom stereocenters. The Bertz CT molecular complexity index is 725. The van der Waals surface area contributed by atoms with Gasteiger partial charge in [0.1, 0.15) is 17.1 Å². The standard InChI is InChI=1S/C21H25NO4/c1-3-25-17-9-5-7-15(13-17)21(24,19-11-12-20(23)22-19)16-8-6-10-18(14-16)26-4-2/h5-10,13-14,19,24H,3-4,11-12H2,1-2H3,(H,22,23)/t19-/m1/s1. The minimum atomic E-state index is -1.37. The van der Waals surface area contributed by atoms with E-state index in [4.69, 9.17) is 9.47 Å². The molecule has 138 valence electrons. The monoisotopic (exact) mass is 355 g/mol. The average molecular weight is 355 g/mol. The highest BCUT2D eigenvalue weighted by Gasteiger charge is 2.44. The first-order valence-corrected chi connectivity index (χ1v) is 9.06. The molecule has 0 spiro atoms. The van der Waals surface area contributed by atoms with Gasteiger partial charge in [0.25, 0.3) is 0 Å². The third kappa shape index (κ3) is 3.53. The molecule has 1 saturated heterocycles. The van der Waals surface area contributed by atoms with E-state index in [0.717, 1.165) is 0 Å². The van der Waals surface area contributed by atoms with Crippen LogP contribution in [0.1, 0.15) is 37.8 Å². The molecule has 1 aliphatic heterocycles. The highest BCUT2D eigenvalue weighted by molar-refractivity contribution is 5.79. The van der Waals surface area contributed by atoms with Crippen molar-refractivity contribution in [3.63, 3.8) is 0 Å². The first kappa shape index (κ1) is 18.3. The zero-order valence-electron chi connectivity index (χ0n) is 15.2. The van der Waals surface area contributed by atoms with Gasteiger partial charge in [0.05, 0.1) is 19.3 Å². The van der Waals surface area contributed by atoms with Crippen LogP contribution in [0.15, 0.2) is 48.5 Å². The van der Waals surface area contributed by atoms with Crippen molar-refractivity contribution in [2.75, 3.05) is 13.2 Å². The normalized spacial score (nSPS) is 17.0. The Morgan fingerprint density at radius 1 is 1.04 bits per heavy atom. The van der Waals surface area contributed by atoms with Crippen LogP contribution in [0, 0.1) is 0 Å². The topological polar surface area (TPSA) is 67.8 Å². The van der Waals surface area contributed by atoms with Gasteiger partial charge in [-0.2, -0.15) is 0 Å². The molecule has 0 aromatic heterocycles. The van der Waals surface area contributed by atoms with Crippen molar-refractivity contribution in [1.82, 2.24) is 5.32 Å². The number of nitrogens with one attached hydrogen (secondary N) is 1. The Morgan fingerprint density at radius 3 is 2.00 bits per heavy atom. The van der Waals surface area contributed by atoms with E-state index in [1.807, 2.05) is 62.4 Å². The molecule has 2 aromatic carbocycles. The lowest BCUT2D eigenvalue weighted by atomic mass is 9.79. The lowest BCUT2D eigenvalue weighted by Gasteiger charge is -2.35. The van der Waals surface area contributed by atoms with Crippen molar-refractivity contribution in [1.29, 1.82) is 0 Å². The second-order valence-electron chi connectivity index (χ2n) is 6.35. The Hall–Kier alpha value is -2.53. The number of ether oxygens (including phenoxy) is 2. The summed E-state index contributed by atoms with van der Waals surface area (Å²) >= 11 is 0. The van der Waals surface area contributed by atoms with Crippen molar-refractivity contribution in [2.24, 2.45) is 0 Å². The van der Waals surface area contributed by atoms with Crippen molar-refractivity contribution in [3.8, 4) is 11.5 Å². The molecule has 1 amide bonds. The van der Waals surface area contributed by atoms with E-state index >= 15 is 0 Å². The second-order valence-corrected chi connectivity index (χ2v) is 6.35. The lowest BCUT2D eigenvalue weighted by Crippen LogP contribution is -2.47. The summed E-state index contributed by atoms with van der Waals surface area (Å²) in [6.45, 7) is 4.92. The Kier molecular flexibility index (Phi) is 5.47. The van der Waals surface area contributed by atoms with Crippen LogP contribution in [0.25, 0.3) is 0 Å². The quantitative estimate of drug-likeness (QED) is 0.801. The Labute approximate surface area is 153 Å². The summed E-state index contributed by atoms with van der Waals surface area (Å²) in [7, 11) is 0. The molecule has 2 N–H and O–H groups in total. The first-order valence-electron chi connectivity index (χ1n) is 9.06. The van der Waals surface area contributed by atoms with E-state index in [1.54, 1.807) is 0 Å². The van der Waals surface area contributed by atoms with Gasteiger partial charge >= 0.3 is 0 Å². The maximum atomic E-state index is 11.8. The summed E-state index contributed by atoms with van der Waals surface area (Å²) in [6.07, 6.45) is 0.969. The van der Waals surface area contributed by atoms with E-state index in [1.165, 1.54) is 0 Å². The summed E-state index contributed by atoms with van der Waals surface area (Å²) in [5, 5.41) is 14.8. The molecule has 26 heavy (non-hydrogen) atoms. The predicted molar refractivity (Wildman–Crippen MR) is 99.4 cm³/mol. The molecule has 3 rings (SSSR count). The molecular formula is C21H25NO4. The van der Waals surface area contributed by atoms with Gasteiger partial charge in [0.15, 0.2) is 0 Å². The molecule has 2 aromatic rings. The number of carbonyl (C=O) groups is 1. The van der Waals surface area contributed by atoms with Crippen LogP contribution in [-0.2, 0) is 10.4 Å². The third-order valence-corrected chi connectivity index (χ3v) is 4.67. The molecule has 0 unspecified atom stereocenters. The molecule has 1 heterocycles. The smallest absolute Gasteiger partial charge is 0.220 e. The van der Waals surface area contributed by atoms with Crippen LogP contribution < -0.4 is 14.8 Å². The van der Waals surface area contributed by atoms with E-state index in [2.05, 4.69) is 5.32 Å². The molecule has 0 radical (unpaired) electrons. The average Bonchev–Trinajstić information content (AvgIpc) is 3.09. The van der Waals surface area contributed by atoms with E-state index < -0.39 is 11.6 Å². The number of hydrogen-bond acceptors (Lipinski definition) is 4. The fourth-order valence-electron chi connectivity index (χ4n) is 3.48. The Balaban J connectivity index is 2.09. The summed E-state index contributed by atoms with van der Waals surface area (Å²) in [4.78, 5) is 11.8. The predicted octanol–water partition coefficient (Wildman–Crippen LogP) is 3.00. The number of hydrogen-bond donors (Lipinski definition) is 2. The summed E-state index contributed by atoms with van der Waals surface area (Å²) in [6, 6.07) is 14.4. The van der Waals surface area contributed by atoms with Crippen molar-refractivity contribution in [3.05, 3.63) is 59.7 Å². The molecule has 1 aliphatic rings. The number of rotatable bonds is 7. The molecule has 1 fully saturated rings. The summed E-state index contributed by atoms with van der Waals surface area (Å²) < 4.78 is 11.2. The van der Waals surface area contributed by atoms with Crippen LogP contribution in [0.4, 0.5) is 0 Å².